The van der Waals surface area contributed by atoms with Crippen molar-refractivity contribution in [1.82, 2.24) is 0 Å². The first-order valence-corrected chi connectivity index (χ1v) is 6.10. The van der Waals surface area contributed by atoms with Gasteiger partial charge >= 0.3 is 0 Å². The summed E-state index contributed by atoms with van der Waals surface area (Å²) < 4.78 is 5.71. The molecule has 0 bridgehead atoms. The summed E-state index contributed by atoms with van der Waals surface area (Å²) in [5.41, 5.74) is 2.33. The zero-order valence-corrected chi connectivity index (χ0v) is 10.4. The van der Waals surface area contributed by atoms with Crippen LogP contribution in [0, 0.1) is 6.08 Å². The van der Waals surface area contributed by atoms with E-state index in [0.29, 0.717) is 0 Å². The van der Waals surface area contributed by atoms with Crippen LogP contribution in [0.15, 0.2) is 24.8 Å². The van der Waals surface area contributed by atoms with Gasteiger partial charge < -0.3 is 4.74 Å². The Labute approximate surface area is 99.1 Å². The molecule has 0 unspecified atom stereocenters. The third kappa shape index (κ3) is 4.09. The van der Waals surface area contributed by atoms with Crippen LogP contribution >= 0.6 is 0 Å². The van der Waals surface area contributed by atoms with E-state index in [9.17, 15) is 0 Å². The Morgan fingerprint density at radius 3 is 2.62 bits per heavy atom. The SMILES string of the molecule is C=[C]c1cc(CCC)cc(OCCCC)c1. The lowest BCUT2D eigenvalue weighted by Crippen LogP contribution is -1.98. The first-order chi connectivity index (χ1) is 7.80. The summed E-state index contributed by atoms with van der Waals surface area (Å²) in [5.74, 6) is 0.950. The molecule has 1 rings (SSSR count). The van der Waals surface area contributed by atoms with E-state index in [2.05, 4.69) is 38.6 Å². The Hall–Kier alpha value is -1.24. The summed E-state index contributed by atoms with van der Waals surface area (Å²) in [6.45, 7) is 8.83. The smallest absolute Gasteiger partial charge is 0.120 e. The average molecular weight is 217 g/mol. The molecule has 0 aromatic heterocycles. The number of hydrogen-bond acceptors (Lipinski definition) is 1. The van der Waals surface area contributed by atoms with E-state index in [4.69, 9.17) is 4.74 Å². The number of benzene rings is 1. The Kier molecular flexibility index (Phi) is 5.69. The van der Waals surface area contributed by atoms with Gasteiger partial charge in [0.25, 0.3) is 0 Å². The molecular weight excluding hydrogens is 196 g/mol. The molecule has 0 N–H and O–H groups in total. The van der Waals surface area contributed by atoms with Gasteiger partial charge in [-0.15, -0.1) is 0 Å². The van der Waals surface area contributed by atoms with Crippen LogP contribution in [-0.4, -0.2) is 6.61 Å². The Morgan fingerprint density at radius 1 is 1.19 bits per heavy atom. The third-order valence-electron chi connectivity index (χ3n) is 2.48. The van der Waals surface area contributed by atoms with Crippen molar-refractivity contribution in [1.29, 1.82) is 0 Å². The maximum atomic E-state index is 5.71. The number of rotatable bonds is 7. The molecule has 0 saturated carbocycles. The molecule has 0 amide bonds. The predicted octanol–water partition coefficient (Wildman–Crippen LogP) is 4.16. The van der Waals surface area contributed by atoms with E-state index in [-0.39, 0.29) is 0 Å². The predicted molar refractivity (Wildman–Crippen MR) is 68.8 cm³/mol. The number of unbranched alkanes of at least 4 members (excludes halogenated alkanes) is 1. The molecule has 0 aliphatic rings. The van der Waals surface area contributed by atoms with E-state index >= 15 is 0 Å². The highest BCUT2D eigenvalue weighted by Gasteiger charge is 2.00. The van der Waals surface area contributed by atoms with Gasteiger partial charge in [0, 0.05) is 0 Å². The maximum absolute atomic E-state index is 5.71. The third-order valence-corrected chi connectivity index (χ3v) is 2.48. The summed E-state index contributed by atoms with van der Waals surface area (Å²) in [7, 11) is 0. The molecule has 0 fully saturated rings. The van der Waals surface area contributed by atoms with Crippen LogP contribution in [-0.2, 0) is 6.42 Å². The lowest BCUT2D eigenvalue weighted by atomic mass is 10.1. The first kappa shape index (κ1) is 12.8. The largest absolute Gasteiger partial charge is 0.494 e. The summed E-state index contributed by atoms with van der Waals surface area (Å²) in [6, 6.07) is 6.25. The van der Waals surface area contributed by atoms with Crippen molar-refractivity contribution in [2.75, 3.05) is 6.61 Å². The topological polar surface area (TPSA) is 9.23 Å². The molecule has 0 heterocycles. The van der Waals surface area contributed by atoms with Gasteiger partial charge in [0.15, 0.2) is 0 Å². The van der Waals surface area contributed by atoms with Crippen molar-refractivity contribution in [2.45, 2.75) is 39.5 Å². The van der Waals surface area contributed by atoms with E-state index in [1.807, 2.05) is 6.07 Å². The highest BCUT2D eigenvalue weighted by molar-refractivity contribution is 5.37. The summed E-state index contributed by atoms with van der Waals surface area (Å²) in [6.07, 6.45) is 7.42. The molecule has 87 valence electrons. The number of ether oxygens (including phenoxy) is 1. The first-order valence-electron chi connectivity index (χ1n) is 6.10. The van der Waals surface area contributed by atoms with Gasteiger partial charge in [0.05, 0.1) is 6.61 Å². The highest BCUT2D eigenvalue weighted by atomic mass is 16.5. The summed E-state index contributed by atoms with van der Waals surface area (Å²) in [5, 5.41) is 0. The van der Waals surface area contributed by atoms with E-state index in [1.165, 1.54) is 5.56 Å². The lowest BCUT2D eigenvalue weighted by molar-refractivity contribution is 0.309. The fourth-order valence-corrected chi connectivity index (χ4v) is 1.61. The zero-order valence-electron chi connectivity index (χ0n) is 10.4. The molecule has 0 aliphatic heterocycles. The molecule has 0 atom stereocenters. The molecule has 1 nitrogen and oxygen atoms in total. The molecule has 1 aromatic carbocycles. The second kappa shape index (κ2) is 7.10. The van der Waals surface area contributed by atoms with E-state index in [0.717, 1.165) is 43.6 Å². The minimum absolute atomic E-state index is 0.794. The van der Waals surface area contributed by atoms with Crippen molar-refractivity contribution in [3.63, 3.8) is 0 Å². The second-order valence-electron chi connectivity index (χ2n) is 3.99. The van der Waals surface area contributed by atoms with Crippen LogP contribution in [0.2, 0.25) is 0 Å². The van der Waals surface area contributed by atoms with Crippen LogP contribution in [0.1, 0.15) is 44.2 Å². The average Bonchev–Trinajstić information content (AvgIpc) is 2.29. The van der Waals surface area contributed by atoms with Crippen molar-refractivity contribution in [3.05, 3.63) is 42.0 Å². The minimum Gasteiger partial charge on any atom is -0.494 e. The van der Waals surface area contributed by atoms with Crippen LogP contribution in [0.3, 0.4) is 0 Å². The second-order valence-corrected chi connectivity index (χ2v) is 3.99. The Balaban J connectivity index is 2.73. The summed E-state index contributed by atoms with van der Waals surface area (Å²) in [4.78, 5) is 0. The van der Waals surface area contributed by atoms with E-state index < -0.39 is 0 Å². The Morgan fingerprint density at radius 2 is 2.00 bits per heavy atom. The van der Waals surface area contributed by atoms with Crippen LogP contribution in [0.25, 0.3) is 0 Å². The van der Waals surface area contributed by atoms with Gasteiger partial charge in [-0.05, 0) is 42.2 Å². The quantitative estimate of drug-likeness (QED) is 0.623. The van der Waals surface area contributed by atoms with Crippen LogP contribution in [0.5, 0.6) is 5.75 Å². The van der Waals surface area contributed by atoms with Gasteiger partial charge in [-0.3, -0.25) is 0 Å². The van der Waals surface area contributed by atoms with Gasteiger partial charge in [0.2, 0.25) is 0 Å². The minimum atomic E-state index is 0.794. The van der Waals surface area contributed by atoms with Crippen molar-refractivity contribution < 1.29 is 4.74 Å². The fourth-order valence-electron chi connectivity index (χ4n) is 1.61. The van der Waals surface area contributed by atoms with E-state index in [1.54, 1.807) is 0 Å². The standard InChI is InChI=1S/C15H21O/c1-4-7-9-16-15-11-13(6-3)10-14(12-15)8-5-2/h10-12H,3-5,7-9H2,1-2H3. The normalized spacial score (nSPS) is 10.1. The Bertz CT molecular complexity index is 328. The molecule has 1 aromatic rings. The lowest BCUT2D eigenvalue weighted by Gasteiger charge is -2.09. The molecular formula is C15H21O. The summed E-state index contributed by atoms with van der Waals surface area (Å²) >= 11 is 0. The maximum Gasteiger partial charge on any atom is 0.120 e. The number of aryl methyl sites for hydroxylation is 1. The number of hydrogen-bond donors (Lipinski definition) is 0. The molecule has 0 spiro atoms. The van der Waals surface area contributed by atoms with Crippen LogP contribution < -0.4 is 4.74 Å². The van der Waals surface area contributed by atoms with Gasteiger partial charge in [0.1, 0.15) is 5.75 Å². The monoisotopic (exact) mass is 217 g/mol. The zero-order chi connectivity index (χ0) is 11.8. The molecule has 1 radical (unpaired) electrons. The van der Waals surface area contributed by atoms with Gasteiger partial charge in [-0.1, -0.05) is 39.3 Å². The molecule has 1 heteroatoms. The molecule has 0 saturated heterocycles. The van der Waals surface area contributed by atoms with Gasteiger partial charge in [-0.2, -0.15) is 0 Å². The van der Waals surface area contributed by atoms with Gasteiger partial charge in [-0.25, -0.2) is 0 Å². The highest BCUT2D eigenvalue weighted by Crippen LogP contribution is 2.19. The van der Waals surface area contributed by atoms with Crippen LogP contribution in [0.4, 0.5) is 0 Å². The molecule has 16 heavy (non-hydrogen) atoms. The van der Waals surface area contributed by atoms with Crippen molar-refractivity contribution in [3.8, 4) is 5.75 Å². The van der Waals surface area contributed by atoms with Crippen molar-refractivity contribution >= 4 is 0 Å². The molecule has 0 aliphatic carbocycles. The van der Waals surface area contributed by atoms with Crippen molar-refractivity contribution in [2.24, 2.45) is 0 Å². The fraction of sp³-hybridized carbons (Fsp3) is 0.467.